The summed E-state index contributed by atoms with van der Waals surface area (Å²) < 4.78 is 6.50. The molecule has 0 aromatic heterocycles. The van der Waals surface area contributed by atoms with Gasteiger partial charge in [0, 0.05) is 6.42 Å². The van der Waals surface area contributed by atoms with Crippen molar-refractivity contribution in [2.24, 2.45) is 5.92 Å². The Balaban J connectivity index is 1.28. The summed E-state index contributed by atoms with van der Waals surface area (Å²) in [5.74, 6) is 0.275. The van der Waals surface area contributed by atoms with Crippen LogP contribution in [0, 0.1) is 5.92 Å². The number of unbranched alkanes of at least 4 members (excludes halogenated alkanes) is 3. The van der Waals surface area contributed by atoms with Gasteiger partial charge in [0.25, 0.3) is 0 Å². The van der Waals surface area contributed by atoms with Crippen molar-refractivity contribution in [3.63, 3.8) is 0 Å². The van der Waals surface area contributed by atoms with Crippen LogP contribution in [0.1, 0.15) is 120 Å². The Labute approximate surface area is 256 Å². The van der Waals surface area contributed by atoms with E-state index >= 15 is 0 Å². The predicted octanol–water partition coefficient (Wildman–Crippen LogP) is 8.94. The zero-order valence-corrected chi connectivity index (χ0v) is 25.4. The Kier molecular flexibility index (Phi) is 10.9. The van der Waals surface area contributed by atoms with Crippen molar-refractivity contribution in [1.29, 1.82) is 0 Å². The van der Waals surface area contributed by atoms with Gasteiger partial charge >= 0.3 is 11.9 Å². The minimum atomic E-state index is -0.865. The van der Waals surface area contributed by atoms with Crippen LogP contribution in [0.2, 0.25) is 0 Å². The van der Waals surface area contributed by atoms with Crippen LogP contribution >= 0.6 is 0 Å². The maximum atomic E-state index is 11.6. The van der Waals surface area contributed by atoms with Crippen molar-refractivity contribution in [2.75, 3.05) is 0 Å². The summed E-state index contributed by atoms with van der Waals surface area (Å²) in [6.07, 6.45) is 15.1. The molecule has 2 aliphatic rings. The molecule has 2 atom stereocenters. The van der Waals surface area contributed by atoms with Crippen molar-refractivity contribution in [2.45, 2.75) is 109 Å². The van der Waals surface area contributed by atoms with Crippen molar-refractivity contribution in [3.8, 4) is 5.75 Å². The van der Waals surface area contributed by atoms with E-state index in [1.807, 2.05) is 6.07 Å². The second-order valence-corrected chi connectivity index (χ2v) is 12.5. The van der Waals surface area contributed by atoms with E-state index in [9.17, 15) is 14.7 Å². The molecule has 228 valence electrons. The number of carboxylic acid groups (broad SMARTS) is 2. The number of para-hydroxylation sites is 1. The summed E-state index contributed by atoms with van der Waals surface area (Å²) >= 11 is 0. The highest BCUT2D eigenvalue weighted by atomic mass is 16.5. The van der Waals surface area contributed by atoms with Crippen molar-refractivity contribution in [3.05, 3.63) is 99.6 Å². The minimum absolute atomic E-state index is 0.244. The summed E-state index contributed by atoms with van der Waals surface area (Å²) in [6.45, 7) is 0.599. The first-order valence-electron chi connectivity index (χ1n) is 16.4. The van der Waals surface area contributed by atoms with E-state index in [4.69, 9.17) is 9.84 Å². The Morgan fingerprint density at radius 1 is 0.791 bits per heavy atom. The number of hydrogen-bond donors (Lipinski definition) is 2. The number of aliphatic carboxylic acids is 1. The molecule has 5 nitrogen and oxygen atoms in total. The van der Waals surface area contributed by atoms with E-state index in [1.165, 1.54) is 52.6 Å². The lowest BCUT2D eigenvalue weighted by Gasteiger charge is -2.33. The van der Waals surface area contributed by atoms with E-state index in [0.29, 0.717) is 24.0 Å². The van der Waals surface area contributed by atoms with Crippen molar-refractivity contribution < 1.29 is 24.5 Å². The first-order chi connectivity index (χ1) is 21.0. The van der Waals surface area contributed by atoms with Crippen LogP contribution in [0.3, 0.4) is 0 Å². The van der Waals surface area contributed by atoms with Gasteiger partial charge in [-0.15, -0.1) is 0 Å². The molecule has 2 N–H and O–H groups in total. The predicted molar refractivity (Wildman–Crippen MR) is 170 cm³/mol. The van der Waals surface area contributed by atoms with Crippen LogP contribution in [0.25, 0.3) is 0 Å². The average Bonchev–Trinajstić information content (AvgIpc) is 3.02. The molecule has 0 heterocycles. The molecule has 5 heteroatoms. The fourth-order valence-electron chi connectivity index (χ4n) is 7.40. The number of aromatic carboxylic acids is 1. The fourth-order valence-corrected chi connectivity index (χ4v) is 7.40. The molecule has 0 spiro atoms. The molecule has 0 bridgehead atoms. The van der Waals surface area contributed by atoms with Gasteiger partial charge in [-0.25, -0.2) is 4.79 Å². The standard InChI is InChI=1S/C38H46O5/c39-37(40)20-4-2-1-3-11-28(34-18-10-15-30-25-31(38(41)42)23-24-35(30)34)21-22-29-13-6-8-19-36(29)43-26-32-16-9-14-27-12-5-7-17-33(27)32/h6,8-9,13-14,16,19,23-25,28,34H,1-5,7,10-12,15,17-18,20-22,26H2,(H,39,40)(H,41,42)/t28?,34-/m1/s1. The zero-order chi connectivity index (χ0) is 30.0. The lowest BCUT2D eigenvalue weighted by molar-refractivity contribution is -0.137. The highest BCUT2D eigenvalue weighted by molar-refractivity contribution is 5.88. The van der Waals surface area contributed by atoms with Gasteiger partial charge in [-0.2, -0.15) is 0 Å². The molecule has 0 amide bonds. The third kappa shape index (κ3) is 8.28. The number of rotatable bonds is 15. The molecule has 0 fully saturated rings. The highest BCUT2D eigenvalue weighted by Gasteiger charge is 2.28. The van der Waals surface area contributed by atoms with Gasteiger partial charge in [0.1, 0.15) is 12.4 Å². The maximum Gasteiger partial charge on any atom is 0.335 e. The summed E-state index contributed by atoms with van der Waals surface area (Å²) in [6, 6.07) is 20.9. The number of hydrogen-bond acceptors (Lipinski definition) is 3. The zero-order valence-electron chi connectivity index (χ0n) is 25.4. The fraction of sp³-hybridized carbons (Fsp3) is 0.474. The van der Waals surface area contributed by atoms with Crippen LogP contribution < -0.4 is 4.74 Å². The Morgan fingerprint density at radius 2 is 1.58 bits per heavy atom. The number of ether oxygens (including phenoxy) is 1. The Bertz CT molecular complexity index is 1390. The van der Waals surface area contributed by atoms with E-state index in [-0.39, 0.29) is 6.42 Å². The monoisotopic (exact) mass is 582 g/mol. The largest absolute Gasteiger partial charge is 0.489 e. The highest BCUT2D eigenvalue weighted by Crippen LogP contribution is 2.42. The quantitative estimate of drug-likeness (QED) is 0.175. The van der Waals surface area contributed by atoms with Crippen LogP contribution in [0.15, 0.2) is 60.7 Å². The summed E-state index contributed by atoms with van der Waals surface area (Å²) in [7, 11) is 0. The van der Waals surface area contributed by atoms with E-state index < -0.39 is 11.9 Å². The van der Waals surface area contributed by atoms with Gasteiger partial charge in [0.05, 0.1) is 5.56 Å². The Morgan fingerprint density at radius 3 is 2.44 bits per heavy atom. The van der Waals surface area contributed by atoms with Gasteiger partial charge in [0.15, 0.2) is 0 Å². The lowest BCUT2D eigenvalue weighted by atomic mass is 9.72. The third-order valence-corrected chi connectivity index (χ3v) is 9.67. The number of aryl methyl sites for hydroxylation is 3. The lowest BCUT2D eigenvalue weighted by Crippen LogP contribution is -2.20. The van der Waals surface area contributed by atoms with E-state index in [0.717, 1.165) is 76.4 Å². The normalized spacial score (nSPS) is 16.6. The number of fused-ring (bicyclic) bond motifs is 2. The van der Waals surface area contributed by atoms with Crippen LogP contribution in [0.5, 0.6) is 5.75 Å². The van der Waals surface area contributed by atoms with Crippen LogP contribution in [0.4, 0.5) is 0 Å². The Hall–Kier alpha value is -3.60. The number of benzene rings is 3. The van der Waals surface area contributed by atoms with Gasteiger partial charge in [-0.1, -0.05) is 61.7 Å². The average molecular weight is 583 g/mol. The van der Waals surface area contributed by atoms with Gasteiger partial charge in [-0.3, -0.25) is 4.79 Å². The van der Waals surface area contributed by atoms with Crippen molar-refractivity contribution >= 4 is 11.9 Å². The molecule has 5 rings (SSSR count). The van der Waals surface area contributed by atoms with Gasteiger partial charge < -0.3 is 14.9 Å². The number of carboxylic acids is 2. The first kappa shape index (κ1) is 30.8. The molecule has 0 aliphatic heterocycles. The SMILES string of the molecule is O=C(O)CCCCCCC(CCc1ccccc1OCc1cccc2c1CCCC2)[C@H]1CCCc2cc(C(=O)O)ccc21. The molecule has 0 radical (unpaired) electrons. The van der Waals surface area contributed by atoms with Gasteiger partial charge in [0.2, 0.25) is 0 Å². The maximum absolute atomic E-state index is 11.6. The topological polar surface area (TPSA) is 83.8 Å². The molecule has 1 unspecified atom stereocenters. The van der Waals surface area contributed by atoms with E-state index in [2.05, 4.69) is 48.5 Å². The smallest absolute Gasteiger partial charge is 0.335 e. The van der Waals surface area contributed by atoms with Crippen LogP contribution in [-0.2, 0) is 37.1 Å². The van der Waals surface area contributed by atoms with E-state index in [1.54, 1.807) is 6.07 Å². The number of carbonyl (C=O) groups is 2. The molecule has 2 aliphatic carbocycles. The molecule has 3 aromatic rings. The minimum Gasteiger partial charge on any atom is -0.489 e. The summed E-state index contributed by atoms with van der Waals surface area (Å²) in [5, 5.41) is 18.5. The summed E-state index contributed by atoms with van der Waals surface area (Å²) in [4.78, 5) is 22.5. The molecular weight excluding hydrogens is 536 g/mol. The van der Waals surface area contributed by atoms with Crippen molar-refractivity contribution in [1.82, 2.24) is 0 Å². The second kappa shape index (κ2) is 15.2. The summed E-state index contributed by atoms with van der Waals surface area (Å²) in [5.41, 5.74) is 8.41. The molecule has 0 saturated heterocycles. The second-order valence-electron chi connectivity index (χ2n) is 12.5. The first-order valence-corrected chi connectivity index (χ1v) is 16.4. The molecule has 0 saturated carbocycles. The molecular formula is C38H46O5. The van der Waals surface area contributed by atoms with Crippen LogP contribution in [-0.4, -0.2) is 22.2 Å². The van der Waals surface area contributed by atoms with Gasteiger partial charge in [-0.05, 0) is 134 Å². The molecule has 43 heavy (non-hydrogen) atoms. The third-order valence-electron chi connectivity index (χ3n) is 9.67. The molecule has 3 aromatic carbocycles.